The monoisotopic (exact) mass is 222 g/mol. The predicted molar refractivity (Wildman–Crippen MR) is 61.6 cm³/mol. The van der Waals surface area contributed by atoms with E-state index in [4.69, 9.17) is 9.47 Å². The Labute approximate surface area is 96.0 Å². The van der Waals surface area contributed by atoms with E-state index in [1.165, 1.54) is 0 Å². The first-order valence-corrected chi connectivity index (χ1v) is 5.63. The van der Waals surface area contributed by atoms with Crippen molar-refractivity contribution in [2.24, 2.45) is 0 Å². The van der Waals surface area contributed by atoms with Crippen molar-refractivity contribution in [2.45, 2.75) is 25.0 Å². The molecule has 0 radical (unpaired) electrons. The van der Waals surface area contributed by atoms with E-state index < -0.39 is 0 Å². The molecule has 0 bridgehead atoms. The zero-order valence-electron chi connectivity index (χ0n) is 9.77. The maximum Gasteiger partial charge on any atom is 0.213 e. The Morgan fingerprint density at radius 1 is 1.50 bits per heavy atom. The van der Waals surface area contributed by atoms with E-state index in [9.17, 15) is 0 Å². The molecular formula is C12H18N2O2. The van der Waals surface area contributed by atoms with Crippen LogP contribution in [0.15, 0.2) is 18.2 Å². The molecule has 88 valence electrons. The van der Waals surface area contributed by atoms with E-state index >= 15 is 0 Å². The van der Waals surface area contributed by atoms with Crippen molar-refractivity contribution in [3.63, 3.8) is 0 Å². The van der Waals surface area contributed by atoms with Crippen molar-refractivity contribution in [1.82, 2.24) is 10.3 Å². The summed E-state index contributed by atoms with van der Waals surface area (Å²) < 4.78 is 10.9. The number of nitrogens with one attached hydrogen (secondary N) is 1. The van der Waals surface area contributed by atoms with Gasteiger partial charge in [-0.05, 0) is 26.0 Å². The lowest BCUT2D eigenvalue weighted by Crippen LogP contribution is -2.33. The third kappa shape index (κ3) is 2.51. The molecular weight excluding hydrogens is 204 g/mol. The summed E-state index contributed by atoms with van der Waals surface area (Å²) in [5.41, 5.74) is 0.958. The van der Waals surface area contributed by atoms with Gasteiger partial charge in [-0.1, -0.05) is 6.07 Å². The lowest BCUT2D eigenvalue weighted by atomic mass is 10.0. The second kappa shape index (κ2) is 5.27. The minimum atomic E-state index is 0.0845. The van der Waals surface area contributed by atoms with Crippen LogP contribution in [0.5, 0.6) is 5.88 Å². The quantitative estimate of drug-likeness (QED) is 0.842. The summed E-state index contributed by atoms with van der Waals surface area (Å²) >= 11 is 0. The fraction of sp³-hybridized carbons (Fsp3) is 0.583. The smallest absolute Gasteiger partial charge is 0.213 e. The molecule has 0 saturated carbocycles. The number of rotatable bonds is 3. The van der Waals surface area contributed by atoms with Gasteiger partial charge >= 0.3 is 0 Å². The van der Waals surface area contributed by atoms with Gasteiger partial charge in [0, 0.05) is 18.7 Å². The molecule has 2 unspecified atom stereocenters. The molecule has 2 heterocycles. The Bertz CT molecular complexity index is 344. The van der Waals surface area contributed by atoms with Gasteiger partial charge in [0.15, 0.2) is 0 Å². The number of hydrogen-bond donors (Lipinski definition) is 1. The maximum atomic E-state index is 5.74. The highest BCUT2D eigenvalue weighted by Gasteiger charge is 2.23. The van der Waals surface area contributed by atoms with Gasteiger partial charge in [-0.2, -0.15) is 0 Å². The number of nitrogens with zero attached hydrogens (tertiary/aromatic N) is 1. The summed E-state index contributed by atoms with van der Waals surface area (Å²) in [7, 11) is 3.62. The zero-order valence-corrected chi connectivity index (χ0v) is 9.77. The topological polar surface area (TPSA) is 43.4 Å². The van der Waals surface area contributed by atoms with Gasteiger partial charge in [0.2, 0.25) is 5.88 Å². The standard InChI is InChI=1S/C12H18N2O2/c1-13-9-6-7-16-11(8-9)10-4-3-5-12(14-10)15-2/h3-5,9,11,13H,6-8H2,1-2H3. The Balaban J connectivity index is 2.10. The lowest BCUT2D eigenvalue weighted by Gasteiger charge is -2.29. The first-order chi connectivity index (χ1) is 7.83. The number of hydrogen-bond acceptors (Lipinski definition) is 4. The van der Waals surface area contributed by atoms with Crippen LogP contribution in [0.25, 0.3) is 0 Å². The van der Waals surface area contributed by atoms with Crippen molar-refractivity contribution >= 4 is 0 Å². The number of methoxy groups -OCH3 is 1. The fourth-order valence-corrected chi connectivity index (χ4v) is 1.99. The van der Waals surface area contributed by atoms with E-state index in [-0.39, 0.29) is 6.10 Å². The van der Waals surface area contributed by atoms with E-state index in [0.717, 1.165) is 25.1 Å². The van der Waals surface area contributed by atoms with Crippen molar-refractivity contribution in [3.05, 3.63) is 23.9 Å². The lowest BCUT2D eigenvalue weighted by molar-refractivity contribution is -0.00119. The van der Waals surface area contributed by atoms with Crippen LogP contribution in [0.4, 0.5) is 0 Å². The van der Waals surface area contributed by atoms with Gasteiger partial charge in [0.05, 0.1) is 12.8 Å². The van der Waals surface area contributed by atoms with Gasteiger partial charge in [-0.15, -0.1) is 0 Å². The summed E-state index contributed by atoms with van der Waals surface area (Å²) in [5.74, 6) is 0.646. The van der Waals surface area contributed by atoms with Crippen LogP contribution in [-0.4, -0.2) is 31.8 Å². The summed E-state index contributed by atoms with van der Waals surface area (Å²) in [5, 5.41) is 3.29. The predicted octanol–water partition coefficient (Wildman–Crippen LogP) is 1.53. The van der Waals surface area contributed by atoms with Crippen LogP contribution in [0.1, 0.15) is 24.6 Å². The molecule has 0 amide bonds. The average Bonchev–Trinajstić information content (AvgIpc) is 2.39. The van der Waals surface area contributed by atoms with Crippen molar-refractivity contribution in [2.75, 3.05) is 20.8 Å². The molecule has 1 aliphatic heterocycles. The molecule has 2 rings (SSSR count). The molecule has 0 spiro atoms. The van der Waals surface area contributed by atoms with Crippen LogP contribution in [0.3, 0.4) is 0 Å². The van der Waals surface area contributed by atoms with Crippen LogP contribution in [0, 0.1) is 0 Å². The Hall–Kier alpha value is -1.13. The summed E-state index contributed by atoms with van der Waals surface area (Å²) in [6.45, 7) is 0.787. The molecule has 1 N–H and O–H groups in total. The highest BCUT2D eigenvalue weighted by molar-refractivity contribution is 5.17. The number of pyridine rings is 1. The van der Waals surface area contributed by atoms with E-state index in [2.05, 4.69) is 10.3 Å². The first-order valence-electron chi connectivity index (χ1n) is 5.63. The van der Waals surface area contributed by atoms with Crippen LogP contribution < -0.4 is 10.1 Å². The maximum absolute atomic E-state index is 5.74. The second-order valence-electron chi connectivity index (χ2n) is 3.97. The van der Waals surface area contributed by atoms with Crippen LogP contribution >= 0.6 is 0 Å². The molecule has 1 aromatic heterocycles. The second-order valence-corrected chi connectivity index (χ2v) is 3.97. The molecule has 2 atom stereocenters. The SMILES string of the molecule is CNC1CCOC(c2cccc(OC)n2)C1. The summed E-state index contributed by atoms with van der Waals surface area (Å²) in [4.78, 5) is 4.41. The van der Waals surface area contributed by atoms with Crippen molar-refractivity contribution < 1.29 is 9.47 Å². The summed E-state index contributed by atoms with van der Waals surface area (Å²) in [6, 6.07) is 6.31. The van der Waals surface area contributed by atoms with Crippen molar-refractivity contribution in [1.29, 1.82) is 0 Å². The van der Waals surface area contributed by atoms with Gasteiger partial charge in [-0.25, -0.2) is 4.98 Å². The fourth-order valence-electron chi connectivity index (χ4n) is 1.99. The van der Waals surface area contributed by atoms with Gasteiger partial charge in [0.1, 0.15) is 6.10 Å². The van der Waals surface area contributed by atoms with Gasteiger partial charge in [0.25, 0.3) is 0 Å². The van der Waals surface area contributed by atoms with Gasteiger partial charge < -0.3 is 14.8 Å². The van der Waals surface area contributed by atoms with E-state index in [0.29, 0.717) is 11.9 Å². The highest BCUT2D eigenvalue weighted by Crippen LogP contribution is 2.27. The highest BCUT2D eigenvalue weighted by atomic mass is 16.5. The number of ether oxygens (including phenoxy) is 2. The minimum absolute atomic E-state index is 0.0845. The molecule has 0 aliphatic carbocycles. The molecule has 1 saturated heterocycles. The third-order valence-electron chi connectivity index (χ3n) is 2.98. The first kappa shape index (κ1) is 11.4. The van der Waals surface area contributed by atoms with Crippen LogP contribution in [0.2, 0.25) is 0 Å². The third-order valence-corrected chi connectivity index (χ3v) is 2.98. The Kier molecular flexibility index (Phi) is 3.74. The average molecular weight is 222 g/mol. The van der Waals surface area contributed by atoms with E-state index in [1.807, 2.05) is 25.2 Å². The molecule has 1 fully saturated rings. The Morgan fingerprint density at radius 3 is 3.12 bits per heavy atom. The minimum Gasteiger partial charge on any atom is -0.481 e. The molecule has 1 aromatic rings. The molecule has 0 aromatic carbocycles. The van der Waals surface area contributed by atoms with Crippen LogP contribution in [-0.2, 0) is 4.74 Å². The summed E-state index contributed by atoms with van der Waals surface area (Å²) in [6.07, 6.45) is 2.12. The molecule has 4 heteroatoms. The zero-order chi connectivity index (χ0) is 11.4. The van der Waals surface area contributed by atoms with Crippen molar-refractivity contribution in [3.8, 4) is 5.88 Å². The van der Waals surface area contributed by atoms with Gasteiger partial charge in [-0.3, -0.25) is 0 Å². The molecule has 4 nitrogen and oxygen atoms in total. The number of aromatic nitrogens is 1. The van der Waals surface area contributed by atoms with E-state index in [1.54, 1.807) is 7.11 Å². The molecule has 16 heavy (non-hydrogen) atoms. The largest absolute Gasteiger partial charge is 0.481 e. The molecule has 1 aliphatic rings. The Morgan fingerprint density at radius 2 is 2.38 bits per heavy atom. The normalized spacial score (nSPS) is 25.4.